The molecule has 2 aromatic rings. The Morgan fingerprint density at radius 2 is 1.97 bits per heavy atom. The zero-order chi connectivity index (χ0) is 22.0. The highest BCUT2D eigenvalue weighted by atomic mass is 32.2. The van der Waals surface area contributed by atoms with Crippen molar-refractivity contribution in [3.63, 3.8) is 0 Å². The van der Waals surface area contributed by atoms with E-state index in [0.717, 1.165) is 18.7 Å². The summed E-state index contributed by atoms with van der Waals surface area (Å²) in [5.41, 5.74) is 0.516. The molecule has 0 spiro atoms. The highest BCUT2D eigenvalue weighted by molar-refractivity contribution is 7.91. The number of likely N-dealkylation sites (tertiary alicyclic amines) is 1. The van der Waals surface area contributed by atoms with Crippen LogP contribution in [0.25, 0.3) is 0 Å². The fourth-order valence-corrected chi connectivity index (χ4v) is 5.64. The Hall–Kier alpha value is -3.12. The van der Waals surface area contributed by atoms with Crippen molar-refractivity contribution < 1.29 is 17.9 Å². The predicted molar refractivity (Wildman–Crippen MR) is 114 cm³/mol. The van der Waals surface area contributed by atoms with Crippen molar-refractivity contribution in [1.29, 1.82) is 5.26 Å². The van der Waals surface area contributed by atoms with Gasteiger partial charge < -0.3 is 14.5 Å². The Bertz CT molecular complexity index is 1100. The zero-order valence-electron chi connectivity index (χ0n) is 17.3. The maximum absolute atomic E-state index is 12.8. The number of hydrogen-bond acceptors (Lipinski definition) is 7. The molecule has 0 aliphatic carbocycles. The number of carbonyl (C=O) groups excluding carboxylic acids is 1. The normalized spacial score (nSPS) is 20.4. The van der Waals surface area contributed by atoms with Crippen LogP contribution < -0.4 is 9.64 Å². The number of nitriles is 1. The van der Waals surface area contributed by atoms with E-state index >= 15 is 0 Å². The molecule has 31 heavy (non-hydrogen) atoms. The third-order valence-electron chi connectivity index (χ3n) is 5.96. The first-order valence-corrected chi connectivity index (χ1v) is 11.9. The van der Waals surface area contributed by atoms with Gasteiger partial charge >= 0.3 is 0 Å². The molecule has 8 nitrogen and oxygen atoms in total. The smallest absolute Gasteiger partial charge is 0.223 e. The van der Waals surface area contributed by atoms with Gasteiger partial charge in [0.05, 0.1) is 23.3 Å². The number of aromatic nitrogens is 1. The Morgan fingerprint density at radius 1 is 1.23 bits per heavy atom. The molecule has 9 heteroatoms. The van der Waals surface area contributed by atoms with Gasteiger partial charge in [-0.25, -0.2) is 13.4 Å². The molecule has 0 N–H and O–H groups in total. The van der Waals surface area contributed by atoms with E-state index in [2.05, 4.69) is 16.0 Å². The number of carbonyl (C=O) groups is 1. The van der Waals surface area contributed by atoms with E-state index in [4.69, 9.17) is 10.00 Å². The van der Waals surface area contributed by atoms with Gasteiger partial charge in [0.2, 0.25) is 5.91 Å². The number of anilines is 1. The highest BCUT2D eigenvalue weighted by Crippen LogP contribution is 2.34. The second-order valence-corrected chi connectivity index (χ2v) is 9.96. The summed E-state index contributed by atoms with van der Waals surface area (Å²) in [5.74, 6) is 0.914. The van der Waals surface area contributed by atoms with Gasteiger partial charge in [0.15, 0.2) is 9.84 Å². The SMILES string of the molecule is COc1cccc(S(=O)(=O)CCC(=O)N2CC3CCC(C2)N3c2ccc(C#N)cn2)c1. The molecule has 1 aromatic carbocycles. The number of sulfone groups is 1. The van der Waals surface area contributed by atoms with Crippen LogP contribution in [0.15, 0.2) is 47.5 Å². The monoisotopic (exact) mass is 440 g/mol. The minimum Gasteiger partial charge on any atom is -0.497 e. The van der Waals surface area contributed by atoms with E-state index in [1.165, 1.54) is 19.2 Å². The van der Waals surface area contributed by atoms with Gasteiger partial charge in [-0.05, 0) is 43.2 Å². The van der Waals surface area contributed by atoms with Crippen molar-refractivity contribution in [1.82, 2.24) is 9.88 Å². The number of amides is 1. The van der Waals surface area contributed by atoms with Crippen LogP contribution in [-0.4, -0.2) is 62.2 Å². The lowest BCUT2D eigenvalue weighted by Crippen LogP contribution is -2.55. The van der Waals surface area contributed by atoms with Crippen LogP contribution in [0.5, 0.6) is 5.75 Å². The molecular formula is C22H24N4O4S. The van der Waals surface area contributed by atoms with Gasteiger partial charge in [0.25, 0.3) is 0 Å². The average Bonchev–Trinajstić information content (AvgIpc) is 3.06. The average molecular weight is 441 g/mol. The lowest BCUT2D eigenvalue weighted by Gasteiger charge is -2.41. The summed E-state index contributed by atoms with van der Waals surface area (Å²) in [6, 6.07) is 12.3. The highest BCUT2D eigenvalue weighted by Gasteiger charge is 2.42. The molecule has 162 valence electrons. The van der Waals surface area contributed by atoms with Gasteiger partial charge in [-0.15, -0.1) is 0 Å². The molecule has 2 bridgehead atoms. The molecule has 1 amide bonds. The summed E-state index contributed by atoms with van der Waals surface area (Å²) < 4.78 is 30.4. The van der Waals surface area contributed by atoms with Crippen molar-refractivity contribution in [2.45, 2.75) is 36.2 Å². The summed E-state index contributed by atoms with van der Waals surface area (Å²) in [6.45, 7) is 1.10. The van der Waals surface area contributed by atoms with Gasteiger partial charge in [-0.3, -0.25) is 4.79 Å². The number of piperazine rings is 1. The van der Waals surface area contributed by atoms with Crippen LogP contribution in [0, 0.1) is 11.3 Å². The van der Waals surface area contributed by atoms with Crippen LogP contribution in [0.4, 0.5) is 5.82 Å². The maximum Gasteiger partial charge on any atom is 0.223 e. The molecule has 2 aliphatic rings. The van der Waals surface area contributed by atoms with E-state index in [1.807, 2.05) is 6.07 Å². The topological polar surface area (TPSA) is 104 Å². The molecule has 2 unspecified atom stereocenters. The fraction of sp³-hybridized carbons (Fsp3) is 0.409. The van der Waals surface area contributed by atoms with E-state index in [1.54, 1.807) is 29.3 Å². The molecule has 0 saturated carbocycles. The molecule has 0 radical (unpaired) electrons. The lowest BCUT2D eigenvalue weighted by molar-refractivity contribution is -0.131. The standard InChI is InChI=1S/C22H24N4O4S/c1-30-19-3-2-4-20(11-19)31(28,29)10-9-22(27)25-14-17-6-7-18(15-25)26(17)21-8-5-16(12-23)13-24-21/h2-5,8,11,13,17-18H,6-7,9-10,14-15H2,1H3. The van der Waals surface area contributed by atoms with E-state index in [9.17, 15) is 13.2 Å². The summed E-state index contributed by atoms with van der Waals surface area (Å²) in [6.07, 6.45) is 3.43. The van der Waals surface area contributed by atoms with Crippen molar-refractivity contribution in [3.05, 3.63) is 48.2 Å². The first-order valence-electron chi connectivity index (χ1n) is 10.2. The van der Waals surface area contributed by atoms with Crippen molar-refractivity contribution in [3.8, 4) is 11.8 Å². The van der Waals surface area contributed by atoms with E-state index < -0.39 is 9.84 Å². The number of rotatable bonds is 6. The Balaban J connectivity index is 1.39. The molecule has 4 rings (SSSR count). The molecule has 1 aromatic heterocycles. The molecule has 2 aliphatic heterocycles. The van der Waals surface area contributed by atoms with Gasteiger partial charge in [-0.2, -0.15) is 5.26 Å². The summed E-state index contributed by atoms with van der Waals surface area (Å²) in [5, 5.41) is 8.96. The molecule has 2 atom stereocenters. The first-order chi connectivity index (χ1) is 14.9. The number of methoxy groups -OCH3 is 1. The van der Waals surface area contributed by atoms with Crippen molar-refractivity contribution in [2.24, 2.45) is 0 Å². The minimum absolute atomic E-state index is 0.0475. The van der Waals surface area contributed by atoms with Crippen LogP contribution in [0.1, 0.15) is 24.8 Å². The zero-order valence-corrected chi connectivity index (χ0v) is 18.1. The molecular weight excluding hydrogens is 416 g/mol. The van der Waals surface area contributed by atoms with Gasteiger partial charge in [0.1, 0.15) is 17.6 Å². The number of fused-ring (bicyclic) bond motifs is 2. The maximum atomic E-state index is 12.8. The first kappa shape index (κ1) is 21.1. The molecule has 2 saturated heterocycles. The number of nitrogens with zero attached hydrogens (tertiary/aromatic N) is 4. The summed E-state index contributed by atoms with van der Waals surface area (Å²) in [7, 11) is -2.09. The van der Waals surface area contributed by atoms with Gasteiger partial charge in [-0.1, -0.05) is 6.07 Å². The lowest BCUT2D eigenvalue weighted by atomic mass is 10.1. The third-order valence-corrected chi connectivity index (χ3v) is 7.68. The van der Waals surface area contributed by atoms with Crippen LogP contribution in [-0.2, 0) is 14.6 Å². The minimum atomic E-state index is -3.57. The van der Waals surface area contributed by atoms with Crippen LogP contribution in [0.2, 0.25) is 0 Å². The van der Waals surface area contributed by atoms with E-state index in [0.29, 0.717) is 24.4 Å². The van der Waals surface area contributed by atoms with Crippen molar-refractivity contribution in [2.75, 3.05) is 30.9 Å². The Labute approximate surface area is 182 Å². The molecule has 2 fully saturated rings. The second-order valence-electron chi connectivity index (χ2n) is 7.86. The Kier molecular flexibility index (Phi) is 5.83. The number of hydrogen-bond donors (Lipinski definition) is 0. The van der Waals surface area contributed by atoms with Gasteiger partial charge in [0, 0.05) is 37.8 Å². The molecule has 3 heterocycles. The number of benzene rings is 1. The fourth-order valence-electron chi connectivity index (χ4n) is 4.38. The second kappa shape index (κ2) is 8.55. The summed E-state index contributed by atoms with van der Waals surface area (Å²) in [4.78, 5) is 21.4. The van der Waals surface area contributed by atoms with Crippen LogP contribution >= 0.6 is 0 Å². The largest absolute Gasteiger partial charge is 0.497 e. The number of pyridine rings is 1. The third kappa shape index (κ3) is 4.35. The van der Waals surface area contributed by atoms with Crippen LogP contribution in [0.3, 0.4) is 0 Å². The number of ether oxygens (including phenoxy) is 1. The Morgan fingerprint density at radius 3 is 2.58 bits per heavy atom. The predicted octanol–water partition coefficient (Wildman–Crippen LogP) is 2.01. The summed E-state index contributed by atoms with van der Waals surface area (Å²) >= 11 is 0. The quantitative estimate of drug-likeness (QED) is 0.677. The van der Waals surface area contributed by atoms with E-state index in [-0.39, 0.29) is 35.1 Å². The van der Waals surface area contributed by atoms with Crippen molar-refractivity contribution >= 4 is 21.6 Å².